The zero-order chi connectivity index (χ0) is 10.4. The maximum Gasteiger partial charge on any atom is 0.0867 e. The van der Waals surface area contributed by atoms with Gasteiger partial charge in [-0.15, -0.1) is 23.1 Å². The first kappa shape index (κ1) is 12.0. The number of thiophene rings is 1. The van der Waals surface area contributed by atoms with Crippen LogP contribution in [-0.4, -0.2) is 29.7 Å². The standard InChI is InChI=1S/C10H16O2S2/c1-8(2)12-6-9(11)7-14-10-4-3-5-13-10/h3-5,8-9,11H,6-7H2,1-2H3. The Bertz CT molecular complexity index is 234. The van der Waals surface area contributed by atoms with Crippen molar-refractivity contribution in [2.24, 2.45) is 0 Å². The van der Waals surface area contributed by atoms with Crippen molar-refractivity contribution in [3.8, 4) is 0 Å². The predicted octanol–water partition coefficient (Wildman–Crippen LogP) is 2.63. The van der Waals surface area contributed by atoms with Gasteiger partial charge in [0.1, 0.15) is 0 Å². The number of aliphatic hydroxyl groups excluding tert-OH is 1. The van der Waals surface area contributed by atoms with Crippen molar-refractivity contribution in [2.75, 3.05) is 12.4 Å². The van der Waals surface area contributed by atoms with Crippen LogP contribution in [0.3, 0.4) is 0 Å². The minimum Gasteiger partial charge on any atom is -0.390 e. The molecule has 0 fully saturated rings. The highest BCUT2D eigenvalue weighted by Gasteiger charge is 2.06. The highest BCUT2D eigenvalue weighted by Crippen LogP contribution is 2.23. The Hall–Kier alpha value is -0.0300. The zero-order valence-electron chi connectivity index (χ0n) is 8.47. The molecule has 1 aromatic heterocycles. The lowest BCUT2D eigenvalue weighted by molar-refractivity contribution is 0.0152. The molecule has 1 atom stereocenters. The van der Waals surface area contributed by atoms with Gasteiger partial charge in [0, 0.05) is 5.75 Å². The second kappa shape index (κ2) is 6.45. The van der Waals surface area contributed by atoms with Gasteiger partial charge in [0.15, 0.2) is 0 Å². The fourth-order valence-corrected chi connectivity index (χ4v) is 2.59. The van der Waals surface area contributed by atoms with Crippen molar-refractivity contribution in [2.45, 2.75) is 30.3 Å². The molecule has 0 saturated carbocycles. The molecule has 0 aliphatic carbocycles. The molecule has 0 amide bonds. The molecule has 0 aliphatic heterocycles. The Morgan fingerprint density at radius 1 is 1.57 bits per heavy atom. The molecule has 4 heteroatoms. The molecular weight excluding hydrogens is 216 g/mol. The number of hydrogen-bond acceptors (Lipinski definition) is 4. The van der Waals surface area contributed by atoms with E-state index in [9.17, 15) is 5.11 Å². The van der Waals surface area contributed by atoms with Crippen molar-refractivity contribution in [1.82, 2.24) is 0 Å². The van der Waals surface area contributed by atoms with Gasteiger partial charge in [-0.1, -0.05) is 6.07 Å². The van der Waals surface area contributed by atoms with Gasteiger partial charge < -0.3 is 9.84 Å². The molecule has 1 N–H and O–H groups in total. The Morgan fingerprint density at radius 2 is 2.36 bits per heavy atom. The molecule has 0 bridgehead atoms. The van der Waals surface area contributed by atoms with E-state index in [1.165, 1.54) is 4.21 Å². The molecule has 2 nitrogen and oxygen atoms in total. The monoisotopic (exact) mass is 232 g/mol. The first-order valence-corrected chi connectivity index (χ1v) is 6.51. The van der Waals surface area contributed by atoms with E-state index in [0.29, 0.717) is 12.4 Å². The zero-order valence-corrected chi connectivity index (χ0v) is 10.1. The van der Waals surface area contributed by atoms with Gasteiger partial charge >= 0.3 is 0 Å². The molecular formula is C10H16O2S2. The summed E-state index contributed by atoms with van der Waals surface area (Å²) in [5.41, 5.74) is 0. The first-order chi connectivity index (χ1) is 6.68. The average molecular weight is 232 g/mol. The van der Waals surface area contributed by atoms with Crippen molar-refractivity contribution in [1.29, 1.82) is 0 Å². The summed E-state index contributed by atoms with van der Waals surface area (Å²) in [5.74, 6) is 0.702. The van der Waals surface area contributed by atoms with Crippen molar-refractivity contribution in [3.63, 3.8) is 0 Å². The lowest BCUT2D eigenvalue weighted by atomic mass is 10.4. The number of ether oxygens (including phenoxy) is 1. The van der Waals surface area contributed by atoms with Crippen LogP contribution in [0, 0.1) is 0 Å². The topological polar surface area (TPSA) is 29.5 Å². The van der Waals surface area contributed by atoms with Crippen LogP contribution in [0.2, 0.25) is 0 Å². The minimum absolute atomic E-state index is 0.191. The molecule has 0 spiro atoms. The van der Waals surface area contributed by atoms with E-state index >= 15 is 0 Å². The lowest BCUT2D eigenvalue weighted by Gasteiger charge is -2.12. The van der Waals surface area contributed by atoms with E-state index in [4.69, 9.17) is 4.74 Å². The van der Waals surface area contributed by atoms with Crippen LogP contribution in [-0.2, 0) is 4.74 Å². The number of hydrogen-bond donors (Lipinski definition) is 1. The van der Waals surface area contributed by atoms with Crippen LogP contribution in [0.25, 0.3) is 0 Å². The third-order valence-corrected chi connectivity index (χ3v) is 3.81. The number of thioether (sulfide) groups is 1. The van der Waals surface area contributed by atoms with E-state index in [1.807, 2.05) is 25.3 Å². The van der Waals surface area contributed by atoms with E-state index in [0.717, 1.165) is 0 Å². The van der Waals surface area contributed by atoms with Gasteiger partial charge in [0.05, 0.1) is 23.0 Å². The van der Waals surface area contributed by atoms with Crippen molar-refractivity contribution in [3.05, 3.63) is 17.5 Å². The largest absolute Gasteiger partial charge is 0.390 e. The number of aliphatic hydroxyl groups is 1. The second-order valence-corrected chi connectivity index (χ2v) is 5.55. The van der Waals surface area contributed by atoms with Crippen LogP contribution in [0.1, 0.15) is 13.8 Å². The van der Waals surface area contributed by atoms with E-state index in [-0.39, 0.29) is 12.2 Å². The summed E-state index contributed by atoms with van der Waals surface area (Å²) in [6, 6.07) is 4.08. The first-order valence-electron chi connectivity index (χ1n) is 4.64. The average Bonchev–Trinajstić information content (AvgIpc) is 2.63. The summed E-state index contributed by atoms with van der Waals surface area (Å²) in [7, 11) is 0. The van der Waals surface area contributed by atoms with Crippen LogP contribution >= 0.6 is 23.1 Å². The quantitative estimate of drug-likeness (QED) is 0.765. The van der Waals surface area contributed by atoms with Crippen LogP contribution in [0.5, 0.6) is 0 Å². The molecule has 14 heavy (non-hydrogen) atoms. The van der Waals surface area contributed by atoms with Crippen LogP contribution in [0.15, 0.2) is 21.7 Å². The second-order valence-electron chi connectivity index (χ2n) is 3.28. The molecule has 0 radical (unpaired) electrons. The van der Waals surface area contributed by atoms with Gasteiger partial charge in [-0.05, 0) is 25.3 Å². The van der Waals surface area contributed by atoms with Gasteiger partial charge in [-0.3, -0.25) is 0 Å². The van der Waals surface area contributed by atoms with Gasteiger partial charge in [0.25, 0.3) is 0 Å². The molecule has 0 aromatic carbocycles. The van der Waals surface area contributed by atoms with Gasteiger partial charge in [0.2, 0.25) is 0 Å². The molecule has 1 heterocycles. The van der Waals surface area contributed by atoms with Gasteiger partial charge in [-0.2, -0.15) is 0 Å². The van der Waals surface area contributed by atoms with Crippen molar-refractivity contribution < 1.29 is 9.84 Å². The Kier molecular flexibility index (Phi) is 5.55. The SMILES string of the molecule is CC(C)OCC(O)CSc1cccs1. The Labute approximate surface area is 93.3 Å². The molecule has 80 valence electrons. The predicted molar refractivity (Wildman–Crippen MR) is 62.1 cm³/mol. The third-order valence-electron chi connectivity index (χ3n) is 1.53. The van der Waals surface area contributed by atoms with E-state index in [1.54, 1.807) is 23.1 Å². The van der Waals surface area contributed by atoms with Gasteiger partial charge in [-0.25, -0.2) is 0 Å². The number of rotatable bonds is 6. The smallest absolute Gasteiger partial charge is 0.0867 e. The normalized spacial score (nSPS) is 13.4. The molecule has 1 unspecified atom stereocenters. The third kappa shape index (κ3) is 5.00. The van der Waals surface area contributed by atoms with Crippen LogP contribution in [0.4, 0.5) is 0 Å². The van der Waals surface area contributed by atoms with Crippen molar-refractivity contribution >= 4 is 23.1 Å². The molecule has 0 aliphatic rings. The van der Waals surface area contributed by atoms with Crippen LogP contribution < -0.4 is 0 Å². The Balaban J connectivity index is 2.12. The fourth-order valence-electron chi connectivity index (χ4n) is 0.876. The summed E-state index contributed by atoms with van der Waals surface area (Å²) in [6.45, 7) is 4.37. The highest BCUT2D eigenvalue weighted by atomic mass is 32.2. The fraction of sp³-hybridized carbons (Fsp3) is 0.600. The maximum absolute atomic E-state index is 9.56. The summed E-state index contributed by atoms with van der Waals surface area (Å²) in [5, 5.41) is 11.6. The summed E-state index contributed by atoms with van der Waals surface area (Å²) >= 11 is 3.38. The molecule has 1 aromatic rings. The highest BCUT2D eigenvalue weighted by molar-refractivity contribution is 8.01. The van der Waals surface area contributed by atoms with E-state index in [2.05, 4.69) is 6.07 Å². The Morgan fingerprint density at radius 3 is 2.93 bits per heavy atom. The summed E-state index contributed by atoms with van der Waals surface area (Å²) in [6.07, 6.45) is -0.180. The maximum atomic E-state index is 9.56. The summed E-state index contributed by atoms with van der Waals surface area (Å²) < 4.78 is 6.56. The molecule has 1 rings (SSSR count). The minimum atomic E-state index is -0.371. The lowest BCUT2D eigenvalue weighted by Crippen LogP contribution is -2.20. The van der Waals surface area contributed by atoms with E-state index < -0.39 is 0 Å². The molecule has 0 saturated heterocycles. The summed E-state index contributed by atoms with van der Waals surface area (Å²) in [4.78, 5) is 0.